The zero-order valence-corrected chi connectivity index (χ0v) is 15.5. The molecule has 0 bridgehead atoms. The van der Waals surface area contributed by atoms with Crippen molar-refractivity contribution in [2.75, 3.05) is 25.0 Å². The molecule has 144 valence electrons. The van der Waals surface area contributed by atoms with Gasteiger partial charge in [0, 0.05) is 30.4 Å². The van der Waals surface area contributed by atoms with Gasteiger partial charge in [-0.15, -0.1) is 5.10 Å². The molecular formula is C20H22N6O2. The van der Waals surface area contributed by atoms with Crippen LogP contribution >= 0.6 is 0 Å². The highest BCUT2D eigenvalue weighted by molar-refractivity contribution is 5.80. The van der Waals surface area contributed by atoms with Crippen molar-refractivity contribution >= 4 is 11.9 Å². The fourth-order valence-electron chi connectivity index (χ4n) is 3.82. The molecule has 8 heteroatoms. The number of hydrogen-bond donors (Lipinski definition) is 2. The van der Waals surface area contributed by atoms with E-state index in [-0.39, 0.29) is 18.5 Å². The summed E-state index contributed by atoms with van der Waals surface area (Å²) in [6, 6.07) is 9.93. The van der Waals surface area contributed by atoms with Crippen molar-refractivity contribution in [1.29, 1.82) is 0 Å². The van der Waals surface area contributed by atoms with Gasteiger partial charge in [0.25, 0.3) is 0 Å². The van der Waals surface area contributed by atoms with E-state index in [1.807, 2.05) is 35.2 Å². The van der Waals surface area contributed by atoms with Crippen molar-refractivity contribution < 1.29 is 9.21 Å². The molecule has 3 heterocycles. The van der Waals surface area contributed by atoms with Gasteiger partial charge in [-0.25, -0.2) is 0 Å². The third kappa shape index (κ3) is 3.37. The van der Waals surface area contributed by atoms with Crippen LogP contribution in [0.1, 0.15) is 25.7 Å². The number of anilines is 1. The fraction of sp³-hybridized carbons (Fsp3) is 0.400. The number of nitrogens with zero attached hydrogens (tertiary/aromatic N) is 4. The average Bonchev–Trinajstić information content (AvgIpc) is 3.17. The Labute approximate surface area is 162 Å². The number of carbonyl (C=O) groups is 1. The van der Waals surface area contributed by atoms with E-state index in [9.17, 15) is 4.79 Å². The van der Waals surface area contributed by atoms with Crippen molar-refractivity contribution in [3.05, 3.63) is 36.5 Å². The summed E-state index contributed by atoms with van der Waals surface area (Å²) in [5, 5.41) is 18.0. The summed E-state index contributed by atoms with van der Waals surface area (Å²) in [6.45, 7) is 1.88. The Morgan fingerprint density at radius 2 is 1.96 bits per heavy atom. The first-order valence-corrected chi connectivity index (χ1v) is 9.66. The van der Waals surface area contributed by atoms with Crippen molar-refractivity contribution in [2.45, 2.75) is 25.7 Å². The minimum absolute atomic E-state index is 0.0801. The van der Waals surface area contributed by atoms with Gasteiger partial charge >= 0.3 is 6.01 Å². The fourth-order valence-corrected chi connectivity index (χ4v) is 3.82. The molecule has 0 unspecified atom stereocenters. The molecular weight excluding hydrogens is 356 g/mol. The lowest BCUT2D eigenvalue weighted by molar-refractivity contribution is -0.130. The van der Waals surface area contributed by atoms with Crippen molar-refractivity contribution in [2.24, 2.45) is 5.41 Å². The van der Waals surface area contributed by atoms with E-state index >= 15 is 0 Å². The van der Waals surface area contributed by atoms with Gasteiger partial charge in [-0.1, -0.05) is 17.2 Å². The third-order valence-electron chi connectivity index (χ3n) is 5.87. The van der Waals surface area contributed by atoms with Gasteiger partial charge in [0.1, 0.15) is 0 Å². The van der Waals surface area contributed by atoms with Gasteiger partial charge in [-0.05, 0) is 49.3 Å². The zero-order chi connectivity index (χ0) is 19.0. The summed E-state index contributed by atoms with van der Waals surface area (Å²) < 4.78 is 5.69. The summed E-state index contributed by atoms with van der Waals surface area (Å²) in [6.07, 6.45) is 6.64. The Hall–Kier alpha value is -3.16. The van der Waals surface area contributed by atoms with E-state index in [1.54, 1.807) is 6.20 Å². The first kappa shape index (κ1) is 17.0. The maximum Gasteiger partial charge on any atom is 0.316 e. The quantitative estimate of drug-likeness (QED) is 0.708. The Kier molecular flexibility index (Phi) is 4.11. The second-order valence-corrected chi connectivity index (χ2v) is 7.70. The number of piperidine rings is 1. The predicted molar refractivity (Wildman–Crippen MR) is 103 cm³/mol. The summed E-state index contributed by atoms with van der Waals surface area (Å²) in [5.74, 6) is 0.487. The summed E-state index contributed by atoms with van der Waals surface area (Å²) in [5.41, 5.74) is 3.28. The number of likely N-dealkylation sites (tertiary alicyclic amines) is 1. The topological polar surface area (TPSA) is 99.9 Å². The van der Waals surface area contributed by atoms with Crippen LogP contribution in [0.2, 0.25) is 0 Å². The second-order valence-electron chi connectivity index (χ2n) is 7.70. The Morgan fingerprint density at radius 3 is 2.71 bits per heavy atom. The van der Waals surface area contributed by atoms with Gasteiger partial charge in [0.2, 0.25) is 11.8 Å². The molecule has 1 aromatic carbocycles. The Bertz CT molecular complexity index is 966. The monoisotopic (exact) mass is 378 g/mol. The molecule has 1 saturated carbocycles. The normalized spacial score (nSPS) is 17.6. The first-order chi connectivity index (χ1) is 13.7. The van der Waals surface area contributed by atoms with Crippen molar-refractivity contribution in [3.63, 3.8) is 0 Å². The molecule has 2 fully saturated rings. The average molecular weight is 378 g/mol. The molecule has 2 N–H and O–H groups in total. The van der Waals surface area contributed by atoms with Crippen LogP contribution in [0.5, 0.6) is 0 Å². The van der Waals surface area contributed by atoms with Crippen LogP contribution in [0.15, 0.2) is 40.9 Å². The Morgan fingerprint density at radius 1 is 1.14 bits per heavy atom. The number of rotatable bonds is 5. The van der Waals surface area contributed by atoms with Gasteiger partial charge in [-0.2, -0.15) is 5.10 Å². The third-order valence-corrected chi connectivity index (χ3v) is 5.87. The SMILES string of the molecule is O=C(CNc1nnc(-c2cccc(-c3ccn[nH]3)c2)o1)N1CCC2(CC1)CC2. The van der Waals surface area contributed by atoms with E-state index in [4.69, 9.17) is 4.42 Å². The first-order valence-electron chi connectivity index (χ1n) is 9.66. The number of hydrogen-bond acceptors (Lipinski definition) is 6. The molecule has 1 aliphatic carbocycles. The van der Waals surface area contributed by atoms with Crippen LogP contribution in [0.3, 0.4) is 0 Å². The van der Waals surface area contributed by atoms with E-state index in [0.29, 0.717) is 11.3 Å². The molecule has 2 aliphatic rings. The summed E-state index contributed by atoms with van der Waals surface area (Å²) >= 11 is 0. The van der Waals surface area contributed by atoms with Crippen molar-refractivity contribution in [1.82, 2.24) is 25.3 Å². The molecule has 1 amide bonds. The highest BCUT2D eigenvalue weighted by Gasteiger charge is 2.44. The number of aromatic amines is 1. The van der Waals surface area contributed by atoms with Crippen LogP contribution in [0.25, 0.3) is 22.7 Å². The minimum atomic E-state index is 0.0801. The lowest BCUT2D eigenvalue weighted by atomic mass is 9.94. The van der Waals surface area contributed by atoms with Crippen LogP contribution < -0.4 is 5.32 Å². The largest absolute Gasteiger partial charge is 0.403 e. The van der Waals surface area contributed by atoms with E-state index in [1.165, 1.54) is 12.8 Å². The van der Waals surface area contributed by atoms with E-state index in [0.717, 1.165) is 42.8 Å². The minimum Gasteiger partial charge on any atom is -0.403 e. The summed E-state index contributed by atoms with van der Waals surface area (Å²) in [7, 11) is 0. The number of benzene rings is 1. The highest BCUT2D eigenvalue weighted by Crippen LogP contribution is 2.53. The van der Waals surface area contributed by atoms with Gasteiger partial charge in [-0.3, -0.25) is 9.89 Å². The molecule has 1 spiro atoms. The molecule has 8 nitrogen and oxygen atoms in total. The van der Waals surface area contributed by atoms with E-state index < -0.39 is 0 Å². The molecule has 1 saturated heterocycles. The molecule has 5 rings (SSSR count). The van der Waals surface area contributed by atoms with Crippen molar-refractivity contribution in [3.8, 4) is 22.7 Å². The van der Waals surface area contributed by atoms with Crippen LogP contribution in [-0.4, -0.2) is 50.8 Å². The summed E-state index contributed by atoms with van der Waals surface area (Å²) in [4.78, 5) is 14.4. The van der Waals surface area contributed by atoms with Crippen LogP contribution in [-0.2, 0) is 4.79 Å². The second kappa shape index (κ2) is 6.78. The number of H-pyrrole nitrogens is 1. The number of carbonyl (C=O) groups excluding carboxylic acids is 1. The number of aromatic nitrogens is 4. The zero-order valence-electron chi connectivity index (χ0n) is 15.5. The molecule has 3 aromatic rings. The van der Waals surface area contributed by atoms with Gasteiger partial charge in [0.15, 0.2) is 0 Å². The maximum atomic E-state index is 12.4. The number of amides is 1. The Balaban J connectivity index is 1.21. The predicted octanol–water partition coefficient (Wildman–Crippen LogP) is 2.94. The van der Waals surface area contributed by atoms with Crippen LogP contribution in [0.4, 0.5) is 6.01 Å². The standard InChI is InChI=1S/C20H22N6O2/c27-17(26-10-7-20(5-6-20)8-11-26)13-21-19-25-24-18(28-19)15-3-1-2-14(12-15)16-4-9-22-23-16/h1-4,9,12H,5-8,10-11,13H2,(H,21,25)(H,22,23). The lowest BCUT2D eigenvalue weighted by Crippen LogP contribution is -2.41. The van der Waals surface area contributed by atoms with Gasteiger partial charge in [0.05, 0.1) is 12.2 Å². The number of nitrogens with one attached hydrogen (secondary N) is 2. The molecule has 0 atom stereocenters. The maximum absolute atomic E-state index is 12.4. The van der Waals surface area contributed by atoms with Gasteiger partial charge < -0.3 is 14.6 Å². The molecule has 2 aromatic heterocycles. The molecule has 0 radical (unpaired) electrons. The van der Waals surface area contributed by atoms with Crippen LogP contribution in [0, 0.1) is 5.41 Å². The molecule has 1 aliphatic heterocycles. The highest BCUT2D eigenvalue weighted by atomic mass is 16.4. The molecule has 28 heavy (non-hydrogen) atoms. The van der Waals surface area contributed by atoms with E-state index in [2.05, 4.69) is 25.7 Å². The smallest absolute Gasteiger partial charge is 0.316 e. The lowest BCUT2D eigenvalue weighted by Gasteiger charge is -2.32.